The van der Waals surface area contributed by atoms with Gasteiger partial charge >= 0.3 is 5.97 Å². The standard InChI is InChI=1S/C11H17N3O2/c1-3-8(2)13-4-5-14-7-12-10(11(15)16)9(14)6-13/h7-8H,3-6H2,1-2H3,(H,15,16). The first-order valence-corrected chi connectivity index (χ1v) is 5.64. The van der Waals surface area contributed by atoms with Gasteiger partial charge in [0.25, 0.3) is 0 Å². The number of carboxylic acids is 1. The van der Waals surface area contributed by atoms with Crippen LogP contribution in [0.3, 0.4) is 0 Å². The molecule has 0 saturated heterocycles. The summed E-state index contributed by atoms with van der Waals surface area (Å²) in [4.78, 5) is 17.2. The molecule has 5 nitrogen and oxygen atoms in total. The molecule has 2 rings (SSSR count). The molecule has 1 aliphatic rings. The summed E-state index contributed by atoms with van der Waals surface area (Å²) < 4.78 is 1.95. The second-order valence-corrected chi connectivity index (χ2v) is 4.27. The molecule has 1 atom stereocenters. The van der Waals surface area contributed by atoms with Crippen LogP contribution in [0.2, 0.25) is 0 Å². The molecule has 0 bridgehead atoms. The molecule has 88 valence electrons. The number of nitrogens with zero attached hydrogens (tertiary/aromatic N) is 3. The van der Waals surface area contributed by atoms with Gasteiger partial charge in [-0.05, 0) is 13.3 Å². The Morgan fingerprint density at radius 2 is 2.38 bits per heavy atom. The molecular weight excluding hydrogens is 206 g/mol. The fraction of sp³-hybridized carbons (Fsp3) is 0.636. The van der Waals surface area contributed by atoms with E-state index in [-0.39, 0.29) is 5.69 Å². The van der Waals surface area contributed by atoms with Crippen molar-refractivity contribution in [2.45, 2.75) is 39.4 Å². The third-order valence-electron chi connectivity index (χ3n) is 3.34. The lowest BCUT2D eigenvalue weighted by Gasteiger charge is -2.32. The number of imidazole rings is 1. The smallest absolute Gasteiger partial charge is 0.356 e. The van der Waals surface area contributed by atoms with Crippen LogP contribution in [-0.4, -0.2) is 38.1 Å². The minimum Gasteiger partial charge on any atom is -0.476 e. The number of rotatable bonds is 3. The predicted octanol–water partition coefficient (Wildman–Crippen LogP) is 1.20. The molecule has 0 radical (unpaired) electrons. The molecule has 1 aromatic rings. The van der Waals surface area contributed by atoms with Crippen LogP contribution in [0.1, 0.15) is 36.5 Å². The minimum absolute atomic E-state index is 0.202. The van der Waals surface area contributed by atoms with E-state index in [9.17, 15) is 4.79 Å². The van der Waals surface area contributed by atoms with Crippen molar-refractivity contribution in [3.05, 3.63) is 17.7 Å². The van der Waals surface area contributed by atoms with Crippen molar-refractivity contribution in [3.8, 4) is 0 Å². The van der Waals surface area contributed by atoms with Gasteiger partial charge in [0.2, 0.25) is 0 Å². The van der Waals surface area contributed by atoms with E-state index in [1.54, 1.807) is 6.33 Å². The molecular formula is C11H17N3O2. The van der Waals surface area contributed by atoms with Gasteiger partial charge in [-0.15, -0.1) is 0 Å². The summed E-state index contributed by atoms with van der Waals surface area (Å²) in [6.07, 6.45) is 2.71. The zero-order chi connectivity index (χ0) is 11.7. The van der Waals surface area contributed by atoms with Crippen molar-refractivity contribution in [2.24, 2.45) is 0 Å². The number of aromatic nitrogens is 2. The lowest BCUT2D eigenvalue weighted by atomic mass is 10.1. The summed E-state index contributed by atoms with van der Waals surface area (Å²) >= 11 is 0. The second kappa shape index (κ2) is 4.25. The first-order valence-electron chi connectivity index (χ1n) is 5.64. The summed E-state index contributed by atoms with van der Waals surface area (Å²) in [6.45, 7) is 6.81. The Morgan fingerprint density at radius 1 is 1.62 bits per heavy atom. The van der Waals surface area contributed by atoms with Gasteiger partial charge in [0.15, 0.2) is 5.69 Å². The zero-order valence-electron chi connectivity index (χ0n) is 9.68. The van der Waals surface area contributed by atoms with Gasteiger partial charge in [0, 0.05) is 25.7 Å². The third-order valence-corrected chi connectivity index (χ3v) is 3.34. The van der Waals surface area contributed by atoms with Crippen molar-refractivity contribution in [2.75, 3.05) is 6.54 Å². The van der Waals surface area contributed by atoms with E-state index in [4.69, 9.17) is 5.11 Å². The van der Waals surface area contributed by atoms with E-state index in [1.807, 2.05) is 4.57 Å². The van der Waals surface area contributed by atoms with Crippen LogP contribution in [0, 0.1) is 0 Å². The van der Waals surface area contributed by atoms with Crippen LogP contribution >= 0.6 is 0 Å². The number of hydrogen-bond acceptors (Lipinski definition) is 3. The van der Waals surface area contributed by atoms with Crippen molar-refractivity contribution in [1.82, 2.24) is 14.5 Å². The average molecular weight is 223 g/mol. The Kier molecular flexibility index (Phi) is 2.96. The maximum absolute atomic E-state index is 11.0. The van der Waals surface area contributed by atoms with Crippen LogP contribution < -0.4 is 0 Å². The van der Waals surface area contributed by atoms with E-state index >= 15 is 0 Å². The number of fused-ring (bicyclic) bond motifs is 1. The van der Waals surface area contributed by atoms with E-state index in [2.05, 4.69) is 23.7 Å². The molecule has 1 unspecified atom stereocenters. The highest BCUT2D eigenvalue weighted by Crippen LogP contribution is 2.19. The quantitative estimate of drug-likeness (QED) is 0.836. The van der Waals surface area contributed by atoms with Crippen LogP contribution in [0.25, 0.3) is 0 Å². The fourth-order valence-electron chi connectivity index (χ4n) is 2.09. The van der Waals surface area contributed by atoms with Gasteiger partial charge in [-0.2, -0.15) is 0 Å². The Morgan fingerprint density at radius 3 is 3.00 bits per heavy atom. The molecule has 0 fully saturated rings. The molecule has 0 aliphatic carbocycles. The van der Waals surface area contributed by atoms with E-state index in [0.29, 0.717) is 12.6 Å². The van der Waals surface area contributed by atoms with Gasteiger partial charge < -0.3 is 9.67 Å². The maximum Gasteiger partial charge on any atom is 0.356 e. The number of hydrogen-bond donors (Lipinski definition) is 1. The molecule has 5 heteroatoms. The predicted molar refractivity (Wildman–Crippen MR) is 59.3 cm³/mol. The summed E-state index contributed by atoms with van der Waals surface area (Å²) in [7, 11) is 0. The molecule has 0 saturated carbocycles. The van der Waals surface area contributed by atoms with E-state index < -0.39 is 5.97 Å². The second-order valence-electron chi connectivity index (χ2n) is 4.27. The number of carboxylic acid groups (broad SMARTS) is 1. The lowest BCUT2D eigenvalue weighted by molar-refractivity contribution is 0.0685. The molecule has 0 aromatic carbocycles. The third kappa shape index (κ3) is 1.82. The fourth-order valence-corrected chi connectivity index (χ4v) is 2.09. The Bertz CT molecular complexity index is 400. The highest BCUT2D eigenvalue weighted by atomic mass is 16.4. The zero-order valence-corrected chi connectivity index (χ0v) is 9.68. The largest absolute Gasteiger partial charge is 0.476 e. The Labute approximate surface area is 94.7 Å². The summed E-state index contributed by atoms with van der Waals surface area (Å²) in [6, 6.07) is 0.491. The lowest BCUT2D eigenvalue weighted by Crippen LogP contribution is -2.39. The Hall–Kier alpha value is -1.36. The maximum atomic E-state index is 11.0. The van der Waals surface area contributed by atoms with Crippen LogP contribution in [0.15, 0.2) is 6.33 Å². The van der Waals surface area contributed by atoms with Crippen molar-refractivity contribution in [1.29, 1.82) is 0 Å². The molecule has 1 aliphatic heterocycles. The monoisotopic (exact) mass is 223 g/mol. The first-order chi connectivity index (χ1) is 7.63. The Balaban J connectivity index is 2.24. The SMILES string of the molecule is CCC(C)N1CCn2cnc(C(=O)O)c2C1. The van der Waals surface area contributed by atoms with E-state index in [1.165, 1.54) is 0 Å². The van der Waals surface area contributed by atoms with Gasteiger partial charge in [-0.25, -0.2) is 9.78 Å². The highest BCUT2D eigenvalue weighted by Gasteiger charge is 2.25. The summed E-state index contributed by atoms with van der Waals surface area (Å²) in [5.41, 5.74) is 1.03. The van der Waals surface area contributed by atoms with Gasteiger partial charge in [-0.1, -0.05) is 6.92 Å². The van der Waals surface area contributed by atoms with Crippen molar-refractivity contribution < 1.29 is 9.90 Å². The normalized spacial score (nSPS) is 18.1. The van der Waals surface area contributed by atoms with Gasteiger partial charge in [0.1, 0.15) is 0 Å². The van der Waals surface area contributed by atoms with Crippen LogP contribution in [0.4, 0.5) is 0 Å². The first kappa shape index (κ1) is 11.1. The van der Waals surface area contributed by atoms with Crippen molar-refractivity contribution in [3.63, 3.8) is 0 Å². The summed E-state index contributed by atoms with van der Waals surface area (Å²) in [5.74, 6) is -0.931. The van der Waals surface area contributed by atoms with Gasteiger partial charge in [-0.3, -0.25) is 4.90 Å². The molecule has 16 heavy (non-hydrogen) atoms. The molecule has 1 aromatic heterocycles. The van der Waals surface area contributed by atoms with Gasteiger partial charge in [0.05, 0.1) is 12.0 Å². The number of aromatic carboxylic acids is 1. The van der Waals surface area contributed by atoms with Crippen LogP contribution in [0.5, 0.6) is 0 Å². The van der Waals surface area contributed by atoms with Crippen molar-refractivity contribution >= 4 is 5.97 Å². The highest BCUT2D eigenvalue weighted by molar-refractivity contribution is 5.86. The topological polar surface area (TPSA) is 58.4 Å². The minimum atomic E-state index is -0.931. The average Bonchev–Trinajstić information content (AvgIpc) is 2.70. The molecule has 0 spiro atoms. The molecule has 2 heterocycles. The van der Waals surface area contributed by atoms with E-state index in [0.717, 1.165) is 25.2 Å². The number of carbonyl (C=O) groups is 1. The summed E-state index contributed by atoms with van der Waals surface area (Å²) in [5, 5.41) is 9.02. The van der Waals surface area contributed by atoms with Crippen LogP contribution in [-0.2, 0) is 13.1 Å². The molecule has 0 amide bonds. The molecule has 1 N–H and O–H groups in total.